The molecule has 0 fully saturated rings. The van der Waals surface area contributed by atoms with Crippen molar-refractivity contribution in [2.45, 2.75) is 13.8 Å². The number of aromatic hydroxyl groups is 1. The summed E-state index contributed by atoms with van der Waals surface area (Å²) in [5.41, 5.74) is 1.77. The zero-order valence-corrected chi connectivity index (χ0v) is 9.00. The quantitative estimate of drug-likeness (QED) is 0.515. The van der Waals surface area contributed by atoms with Crippen LogP contribution < -0.4 is 10.6 Å². The molecule has 0 radical (unpaired) electrons. The molecule has 15 heavy (non-hydrogen) atoms. The van der Waals surface area contributed by atoms with Crippen molar-refractivity contribution in [1.29, 1.82) is 0 Å². The Kier molecular flexibility index (Phi) is 3.97. The highest BCUT2D eigenvalue weighted by atomic mass is 16.3. The number of anilines is 1. The van der Waals surface area contributed by atoms with Gasteiger partial charge < -0.3 is 15.7 Å². The summed E-state index contributed by atoms with van der Waals surface area (Å²) in [5.74, 6) is 0.175. The average Bonchev–Trinajstić information content (AvgIpc) is 2.17. The van der Waals surface area contributed by atoms with Gasteiger partial charge in [-0.15, -0.1) is 0 Å². The number of hydrogen-bond donors (Lipinski definition) is 3. The monoisotopic (exact) mass is 208 g/mol. The number of carbonyl (C=O) groups excluding carboxylic acids is 1. The van der Waals surface area contributed by atoms with Gasteiger partial charge in [0, 0.05) is 20.0 Å². The summed E-state index contributed by atoms with van der Waals surface area (Å²) in [6.45, 7) is 4.57. The lowest BCUT2D eigenvalue weighted by Gasteiger charge is -2.09. The summed E-state index contributed by atoms with van der Waals surface area (Å²) in [7, 11) is 0. The van der Waals surface area contributed by atoms with Crippen LogP contribution >= 0.6 is 0 Å². The molecule has 0 bridgehead atoms. The van der Waals surface area contributed by atoms with Crippen molar-refractivity contribution in [3.63, 3.8) is 0 Å². The van der Waals surface area contributed by atoms with E-state index in [0.29, 0.717) is 18.8 Å². The molecular weight excluding hydrogens is 192 g/mol. The van der Waals surface area contributed by atoms with Gasteiger partial charge in [0.15, 0.2) is 0 Å². The number of phenols is 1. The topological polar surface area (TPSA) is 61.4 Å². The molecule has 4 nitrogen and oxygen atoms in total. The van der Waals surface area contributed by atoms with Crippen molar-refractivity contribution in [2.24, 2.45) is 0 Å². The molecule has 0 aliphatic carbocycles. The first-order chi connectivity index (χ1) is 7.09. The van der Waals surface area contributed by atoms with Crippen LogP contribution in [0.3, 0.4) is 0 Å². The molecule has 0 saturated carbocycles. The van der Waals surface area contributed by atoms with E-state index < -0.39 is 0 Å². The van der Waals surface area contributed by atoms with Gasteiger partial charge >= 0.3 is 0 Å². The molecule has 1 amide bonds. The van der Waals surface area contributed by atoms with Gasteiger partial charge in [0.25, 0.3) is 0 Å². The minimum atomic E-state index is -0.0507. The first-order valence-corrected chi connectivity index (χ1v) is 4.87. The Balaban J connectivity index is 2.43. The SMILES string of the molecule is CC(=O)NCCNc1cc(C)ccc1O. The van der Waals surface area contributed by atoms with Crippen LogP contribution in [0.5, 0.6) is 5.75 Å². The van der Waals surface area contributed by atoms with E-state index in [1.54, 1.807) is 6.07 Å². The molecule has 0 atom stereocenters. The van der Waals surface area contributed by atoms with Gasteiger partial charge in [0.05, 0.1) is 5.69 Å². The van der Waals surface area contributed by atoms with E-state index >= 15 is 0 Å². The number of carbonyl (C=O) groups is 1. The Morgan fingerprint density at radius 2 is 2.13 bits per heavy atom. The molecule has 3 N–H and O–H groups in total. The summed E-state index contributed by atoms with van der Waals surface area (Å²) in [6, 6.07) is 5.35. The smallest absolute Gasteiger partial charge is 0.216 e. The largest absolute Gasteiger partial charge is 0.506 e. The van der Waals surface area contributed by atoms with Gasteiger partial charge in [0.1, 0.15) is 5.75 Å². The van der Waals surface area contributed by atoms with Crippen molar-refractivity contribution in [3.05, 3.63) is 23.8 Å². The minimum absolute atomic E-state index is 0.0507. The van der Waals surface area contributed by atoms with Crippen molar-refractivity contribution in [3.8, 4) is 5.75 Å². The summed E-state index contributed by atoms with van der Waals surface area (Å²) < 4.78 is 0. The van der Waals surface area contributed by atoms with Crippen LogP contribution in [0.25, 0.3) is 0 Å². The highest BCUT2D eigenvalue weighted by molar-refractivity contribution is 5.72. The van der Waals surface area contributed by atoms with E-state index in [4.69, 9.17) is 0 Å². The second kappa shape index (κ2) is 5.24. The maximum Gasteiger partial charge on any atom is 0.216 e. The van der Waals surface area contributed by atoms with Crippen LogP contribution in [0.2, 0.25) is 0 Å². The standard InChI is InChI=1S/C11H16N2O2/c1-8-3-4-11(15)10(7-8)13-6-5-12-9(2)14/h3-4,7,13,15H,5-6H2,1-2H3,(H,12,14). The lowest BCUT2D eigenvalue weighted by Crippen LogP contribution is -2.26. The zero-order valence-electron chi connectivity index (χ0n) is 9.00. The Hall–Kier alpha value is -1.71. The van der Waals surface area contributed by atoms with Gasteiger partial charge in [-0.3, -0.25) is 4.79 Å². The van der Waals surface area contributed by atoms with Crippen LogP contribution in [-0.2, 0) is 4.79 Å². The molecular formula is C11H16N2O2. The first kappa shape index (κ1) is 11.4. The first-order valence-electron chi connectivity index (χ1n) is 4.87. The van der Waals surface area contributed by atoms with Crippen LogP contribution in [-0.4, -0.2) is 24.1 Å². The Bertz CT molecular complexity index is 350. The number of amides is 1. The minimum Gasteiger partial charge on any atom is -0.506 e. The van der Waals surface area contributed by atoms with Crippen LogP contribution in [0.1, 0.15) is 12.5 Å². The van der Waals surface area contributed by atoms with E-state index in [2.05, 4.69) is 10.6 Å². The third kappa shape index (κ3) is 3.89. The Morgan fingerprint density at radius 1 is 1.40 bits per heavy atom. The van der Waals surface area contributed by atoms with Crippen molar-refractivity contribution in [1.82, 2.24) is 5.32 Å². The molecule has 0 aromatic heterocycles. The van der Waals surface area contributed by atoms with Gasteiger partial charge in [0.2, 0.25) is 5.91 Å². The maximum absolute atomic E-state index is 10.6. The molecule has 4 heteroatoms. The molecule has 82 valence electrons. The lowest BCUT2D eigenvalue weighted by atomic mass is 10.2. The van der Waals surface area contributed by atoms with E-state index in [-0.39, 0.29) is 11.7 Å². The highest BCUT2D eigenvalue weighted by Crippen LogP contribution is 2.23. The normalized spacial score (nSPS) is 9.73. The molecule has 1 rings (SSSR count). The molecule has 0 aliphatic rings. The van der Waals surface area contributed by atoms with Gasteiger partial charge in [-0.25, -0.2) is 0 Å². The van der Waals surface area contributed by atoms with Crippen molar-refractivity contribution < 1.29 is 9.90 Å². The molecule has 1 aromatic rings. The summed E-state index contributed by atoms with van der Waals surface area (Å²) in [5, 5.41) is 15.2. The van der Waals surface area contributed by atoms with Crippen molar-refractivity contribution >= 4 is 11.6 Å². The van der Waals surface area contributed by atoms with Crippen LogP contribution in [0, 0.1) is 6.92 Å². The fraction of sp³-hybridized carbons (Fsp3) is 0.364. The molecule has 0 saturated heterocycles. The maximum atomic E-state index is 10.6. The molecule has 1 aromatic carbocycles. The molecule has 0 spiro atoms. The Labute approximate surface area is 89.3 Å². The third-order valence-electron chi connectivity index (χ3n) is 1.97. The fourth-order valence-corrected chi connectivity index (χ4v) is 1.23. The van der Waals surface area contributed by atoms with Gasteiger partial charge in [-0.1, -0.05) is 6.07 Å². The fourth-order valence-electron chi connectivity index (χ4n) is 1.23. The van der Waals surface area contributed by atoms with Crippen LogP contribution in [0.4, 0.5) is 5.69 Å². The van der Waals surface area contributed by atoms with Crippen molar-refractivity contribution in [2.75, 3.05) is 18.4 Å². The van der Waals surface area contributed by atoms with E-state index in [1.807, 2.05) is 19.1 Å². The summed E-state index contributed by atoms with van der Waals surface area (Å²) in [6.07, 6.45) is 0. The predicted molar refractivity (Wildman–Crippen MR) is 60.0 cm³/mol. The van der Waals surface area contributed by atoms with E-state index in [1.165, 1.54) is 6.92 Å². The van der Waals surface area contributed by atoms with E-state index in [9.17, 15) is 9.90 Å². The highest BCUT2D eigenvalue weighted by Gasteiger charge is 1.99. The number of aryl methyl sites for hydroxylation is 1. The molecule has 0 heterocycles. The Morgan fingerprint density at radius 3 is 2.80 bits per heavy atom. The predicted octanol–water partition coefficient (Wildman–Crippen LogP) is 1.25. The number of phenolic OH excluding ortho intramolecular Hbond substituents is 1. The van der Waals surface area contributed by atoms with Gasteiger partial charge in [-0.2, -0.15) is 0 Å². The van der Waals surface area contributed by atoms with Crippen LogP contribution in [0.15, 0.2) is 18.2 Å². The number of nitrogens with one attached hydrogen (secondary N) is 2. The lowest BCUT2D eigenvalue weighted by molar-refractivity contribution is -0.118. The van der Waals surface area contributed by atoms with E-state index in [0.717, 1.165) is 5.56 Å². The number of hydrogen-bond acceptors (Lipinski definition) is 3. The second-order valence-corrected chi connectivity index (χ2v) is 3.43. The summed E-state index contributed by atoms with van der Waals surface area (Å²) >= 11 is 0. The second-order valence-electron chi connectivity index (χ2n) is 3.43. The number of benzene rings is 1. The third-order valence-corrected chi connectivity index (χ3v) is 1.97. The average molecular weight is 208 g/mol. The van der Waals surface area contributed by atoms with Gasteiger partial charge in [-0.05, 0) is 24.6 Å². The number of rotatable bonds is 4. The summed E-state index contributed by atoms with van der Waals surface area (Å²) in [4.78, 5) is 10.6. The molecule has 0 aliphatic heterocycles. The molecule has 0 unspecified atom stereocenters. The zero-order chi connectivity index (χ0) is 11.3.